The molecular formula is C14H22N2O3S. The number of thiazole rings is 1. The van der Waals surface area contributed by atoms with E-state index in [1.54, 1.807) is 11.3 Å². The van der Waals surface area contributed by atoms with Crippen LogP contribution in [0.25, 0.3) is 0 Å². The summed E-state index contributed by atoms with van der Waals surface area (Å²) in [5, 5.41) is 14.6. The summed E-state index contributed by atoms with van der Waals surface area (Å²) < 4.78 is 0. The van der Waals surface area contributed by atoms with Crippen LogP contribution in [0.1, 0.15) is 43.8 Å². The molecule has 0 spiro atoms. The van der Waals surface area contributed by atoms with E-state index in [-0.39, 0.29) is 11.8 Å². The Morgan fingerprint density at radius 1 is 1.45 bits per heavy atom. The molecule has 0 unspecified atom stereocenters. The molecule has 0 radical (unpaired) electrons. The maximum absolute atomic E-state index is 11.7. The molecule has 1 amide bonds. The third-order valence-electron chi connectivity index (χ3n) is 2.80. The molecule has 1 rings (SSSR count). The zero-order valence-corrected chi connectivity index (χ0v) is 13.0. The van der Waals surface area contributed by atoms with Crippen LogP contribution in [0.5, 0.6) is 0 Å². The van der Waals surface area contributed by atoms with Gasteiger partial charge in [0, 0.05) is 17.5 Å². The van der Waals surface area contributed by atoms with Gasteiger partial charge in [-0.3, -0.25) is 4.79 Å². The third-order valence-corrected chi connectivity index (χ3v) is 3.83. The number of carbonyl (C=O) groups is 2. The monoisotopic (exact) mass is 298 g/mol. The van der Waals surface area contributed by atoms with E-state index in [0.717, 1.165) is 17.1 Å². The molecule has 0 saturated heterocycles. The summed E-state index contributed by atoms with van der Waals surface area (Å²) >= 11 is 1.59. The lowest BCUT2D eigenvalue weighted by Crippen LogP contribution is -2.41. The fourth-order valence-corrected chi connectivity index (χ4v) is 2.70. The molecule has 20 heavy (non-hydrogen) atoms. The number of nitrogens with one attached hydrogen (secondary N) is 1. The number of nitrogens with zero attached hydrogens (tertiary/aromatic N) is 1. The van der Waals surface area contributed by atoms with Gasteiger partial charge >= 0.3 is 5.97 Å². The maximum atomic E-state index is 11.7. The number of aryl methyl sites for hydroxylation is 2. The molecule has 1 aromatic rings. The van der Waals surface area contributed by atoms with Crippen LogP contribution in [-0.2, 0) is 16.0 Å². The highest BCUT2D eigenvalue weighted by Crippen LogP contribution is 2.12. The number of carboxylic acids is 1. The van der Waals surface area contributed by atoms with E-state index in [1.807, 2.05) is 26.2 Å². The van der Waals surface area contributed by atoms with E-state index in [1.165, 1.54) is 0 Å². The molecule has 0 aliphatic carbocycles. The quantitative estimate of drug-likeness (QED) is 0.772. The Kier molecular flexibility index (Phi) is 6.64. The van der Waals surface area contributed by atoms with E-state index in [4.69, 9.17) is 5.11 Å². The van der Waals surface area contributed by atoms with Crippen molar-refractivity contribution in [3.63, 3.8) is 0 Å². The molecule has 6 heteroatoms. The van der Waals surface area contributed by atoms with Crippen molar-refractivity contribution in [2.24, 2.45) is 5.92 Å². The van der Waals surface area contributed by atoms with Crippen LogP contribution in [0, 0.1) is 12.8 Å². The highest BCUT2D eigenvalue weighted by Gasteiger charge is 2.20. The topological polar surface area (TPSA) is 79.3 Å². The van der Waals surface area contributed by atoms with Crippen LogP contribution >= 0.6 is 11.3 Å². The standard InChI is InChI=1S/C14H22N2O3S/c1-9(2)7-11(14(18)19)16-12(17)5-4-6-13-15-10(3)8-20-13/h8-9,11H,4-7H2,1-3H3,(H,16,17)(H,18,19)/t11-/m1/s1. The van der Waals surface area contributed by atoms with Gasteiger partial charge in [-0.25, -0.2) is 9.78 Å². The molecule has 0 aliphatic heterocycles. The predicted molar refractivity (Wildman–Crippen MR) is 78.8 cm³/mol. The minimum Gasteiger partial charge on any atom is -0.480 e. The van der Waals surface area contributed by atoms with E-state index >= 15 is 0 Å². The van der Waals surface area contributed by atoms with Gasteiger partial charge in [0.2, 0.25) is 5.91 Å². The SMILES string of the molecule is Cc1csc(CCCC(=O)N[C@H](CC(C)C)C(=O)O)n1. The zero-order chi connectivity index (χ0) is 15.1. The normalized spacial score (nSPS) is 12.4. The number of amides is 1. The summed E-state index contributed by atoms with van der Waals surface area (Å²) in [7, 11) is 0. The molecule has 0 fully saturated rings. The van der Waals surface area contributed by atoms with Crippen molar-refractivity contribution in [3.8, 4) is 0 Å². The van der Waals surface area contributed by atoms with Crippen LogP contribution in [0.15, 0.2) is 5.38 Å². The molecule has 1 atom stereocenters. The maximum Gasteiger partial charge on any atom is 0.326 e. The second-order valence-electron chi connectivity index (χ2n) is 5.32. The number of hydrogen-bond donors (Lipinski definition) is 2. The van der Waals surface area contributed by atoms with Gasteiger partial charge in [-0.15, -0.1) is 11.3 Å². The van der Waals surface area contributed by atoms with Crippen LogP contribution in [0.4, 0.5) is 0 Å². The number of carboxylic acid groups (broad SMARTS) is 1. The first-order valence-corrected chi connectivity index (χ1v) is 7.69. The summed E-state index contributed by atoms with van der Waals surface area (Å²) in [6.45, 7) is 5.82. The molecular weight excluding hydrogens is 276 g/mol. The average molecular weight is 298 g/mol. The number of aliphatic carboxylic acids is 1. The van der Waals surface area contributed by atoms with E-state index in [9.17, 15) is 9.59 Å². The fraction of sp³-hybridized carbons (Fsp3) is 0.643. The zero-order valence-electron chi connectivity index (χ0n) is 12.2. The minimum atomic E-state index is -0.970. The van der Waals surface area contributed by atoms with E-state index in [0.29, 0.717) is 19.3 Å². The second kappa shape index (κ2) is 7.99. The van der Waals surface area contributed by atoms with Gasteiger partial charge in [0.15, 0.2) is 0 Å². The highest BCUT2D eigenvalue weighted by molar-refractivity contribution is 7.09. The Labute approximate surface area is 123 Å². The van der Waals surface area contributed by atoms with Crippen molar-refractivity contribution in [1.82, 2.24) is 10.3 Å². The average Bonchev–Trinajstić information content (AvgIpc) is 2.73. The van der Waals surface area contributed by atoms with Gasteiger partial charge in [-0.05, 0) is 32.1 Å². The summed E-state index contributed by atoms with van der Waals surface area (Å²) in [5.41, 5.74) is 0.998. The molecule has 2 N–H and O–H groups in total. The van der Waals surface area contributed by atoms with Crippen molar-refractivity contribution < 1.29 is 14.7 Å². The van der Waals surface area contributed by atoms with Crippen molar-refractivity contribution in [2.75, 3.05) is 0 Å². The van der Waals surface area contributed by atoms with E-state index in [2.05, 4.69) is 10.3 Å². The summed E-state index contributed by atoms with van der Waals surface area (Å²) in [5.74, 6) is -0.941. The van der Waals surface area contributed by atoms with Crippen LogP contribution in [0.2, 0.25) is 0 Å². The summed E-state index contributed by atoms with van der Waals surface area (Å²) in [6.07, 6.45) is 2.23. The highest BCUT2D eigenvalue weighted by atomic mass is 32.1. The molecule has 1 heterocycles. The number of aromatic nitrogens is 1. The number of carbonyl (C=O) groups excluding carboxylic acids is 1. The van der Waals surface area contributed by atoms with Gasteiger partial charge in [-0.2, -0.15) is 0 Å². The Morgan fingerprint density at radius 2 is 2.15 bits per heavy atom. The van der Waals surface area contributed by atoms with E-state index < -0.39 is 12.0 Å². The summed E-state index contributed by atoms with van der Waals surface area (Å²) in [6, 6.07) is -0.787. The van der Waals surface area contributed by atoms with Gasteiger partial charge in [0.1, 0.15) is 6.04 Å². The smallest absolute Gasteiger partial charge is 0.326 e. The second-order valence-corrected chi connectivity index (χ2v) is 6.27. The largest absolute Gasteiger partial charge is 0.480 e. The predicted octanol–water partition coefficient (Wildman–Crippen LogP) is 2.39. The first-order chi connectivity index (χ1) is 9.38. The molecule has 5 nitrogen and oxygen atoms in total. The molecule has 0 aromatic carbocycles. The van der Waals surface area contributed by atoms with Crippen LogP contribution < -0.4 is 5.32 Å². The Balaban J connectivity index is 2.32. The third kappa shape index (κ3) is 6.14. The fourth-order valence-electron chi connectivity index (χ4n) is 1.88. The first kappa shape index (κ1) is 16.6. The van der Waals surface area contributed by atoms with Gasteiger partial charge in [0.05, 0.1) is 5.01 Å². The van der Waals surface area contributed by atoms with Crippen molar-refractivity contribution in [3.05, 3.63) is 16.1 Å². The Morgan fingerprint density at radius 3 is 2.65 bits per heavy atom. The minimum absolute atomic E-state index is 0.202. The Hall–Kier alpha value is -1.43. The molecule has 1 aromatic heterocycles. The first-order valence-electron chi connectivity index (χ1n) is 6.81. The lowest BCUT2D eigenvalue weighted by Gasteiger charge is -2.16. The molecule has 0 bridgehead atoms. The molecule has 0 aliphatic rings. The van der Waals surface area contributed by atoms with Gasteiger partial charge in [0.25, 0.3) is 0 Å². The molecule has 112 valence electrons. The molecule has 0 saturated carbocycles. The van der Waals surface area contributed by atoms with Crippen LogP contribution in [-0.4, -0.2) is 28.0 Å². The van der Waals surface area contributed by atoms with Crippen molar-refractivity contribution in [2.45, 2.75) is 52.5 Å². The Bertz CT molecular complexity index is 457. The van der Waals surface area contributed by atoms with Gasteiger partial charge < -0.3 is 10.4 Å². The van der Waals surface area contributed by atoms with Crippen molar-refractivity contribution in [1.29, 1.82) is 0 Å². The van der Waals surface area contributed by atoms with Gasteiger partial charge in [-0.1, -0.05) is 13.8 Å². The lowest BCUT2D eigenvalue weighted by atomic mass is 10.0. The number of rotatable bonds is 8. The van der Waals surface area contributed by atoms with Crippen molar-refractivity contribution >= 4 is 23.2 Å². The lowest BCUT2D eigenvalue weighted by molar-refractivity contribution is -0.142. The summed E-state index contributed by atoms with van der Waals surface area (Å²) in [4.78, 5) is 27.1. The van der Waals surface area contributed by atoms with Crippen LogP contribution in [0.3, 0.4) is 0 Å². The number of hydrogen-bond acceptors (Lipinski definition) is 4.